The fraction of sp³-hybridized carbons (Fsp3) is 0.353. The van der Waals surface area contributed by atoms with Crippen molar-refractivity contribution in [3.63, 3.8) is 0 Å². The zero-order chi connectivity index (χ0) is 14.7. The minimum absolute atomic E-state index is 0.0710. The van der Waals surface area contributed by atoms with E-state index in [1.165, 1.54) is 6.42 Å². The fourth-order valence-corrected chi connectivity index (χ4v) is 2.38. The van der Waals surface area contributed by atoms with E-state index >= 15 is 0 Å². The van der Waals surface area contributed by atoms with Gasteiger partial charge in [0.2, 0.25) is 0 Å². The van der Waals surface area contributed by atoms with Crippen molar-refractivity contribution in [3.05, 3.63) is 47.9 Å². The van der Waals surface area contributed by atoms with E-state index in [-0.39, 0.29) is 6.61 Å². The first-order chi connectivity index (χ1) is 10.3. The molecule has 21 heavy (non-hydrogen) atoms. The maximum absolute atomic E-state index is 8.46. The van der Waals surface area contributed by atoms with E-state index in [9.17, 15) is 0 Å². The number of rotatable bonds is 6. The van der Waals surface area contributed by atoms with Crippen molar-refractivity contribution >= 4 is 5.69 Å². The van der Waals surface area contributed by atoms with Gasteiger partial charge in [0.1, 0.15) is 23.3 Å². The number of hydrogen-bond donors (Lipinski definition) is 1. The second kappa shape index (κ2) is 5.92. The molecule has 0 radical (unpaired) electrons. The number of nitrogens with zero attached hydrogens (tertiary/aromatic N) is 1. The van der Waals surface area contributed by atoms with Gasteiger partial charge in [-0.05, 0) is 48.7 Å². The van der Waals surface area contributed by atoms with Gasteiger partial charge in [-0.25, -0.2) is 0 Å². The Kier molecular flexibility index (Phi) is 3.83. The number of anilines is 1. The summed E-state index contributed by atoms with van der Waals surface area (Å²) in [5.41, 5.74) is 0.997. The van der Waals surface area contributed by atoms with E-state index in [1.54, 1.807) is 0 Å². The third-order valence-electron chi connectivity index (χ3n) is 3.78. The summed E-state index contributed by atoms with van der Waals surface area (Å²) in [4.78, 5) is 0. The maximum atomic E-state index is 8.46. The van der Waals surface area contributed by atoms with Crippen molar-refractivity contribution in [2.75, 3.05) is 11.9 Å². The molecule has 0 aliphatic heterocycles. The Bertz CT molecular complexity index is 640. The summed E-state index contributed by atoms with van der Waals surface area (Å²) in [7, 11) is 0. The van der Waals surface area contributed by atoms with Crippen molar-refractivity contribution in [3.8, 4) is 11.8 Å². The Balaban J connectivity index is 1.52. The van der Waals surface area contributed by atoms with Crippen LogP contribution in [0.5, 0.6) is 5.75 Å². The zero-order valence-electron chi connectivity index (χ0n) is 12.0. The number of hydrogen-bond acceptors (Lipinski definition) is 4. The smallest absolute Gasteiger partial charge is 0.174 e. The van der Waals surface area contributed by atoms with Crippen LogP contribution in [0.15, 0.2) is 40.8 Å². The van der Waals surface area contributed by atoms with Crippen LogP contribution in [0.1, 0.15) is 30.8 Å². The lowest BCUT2D eigenvalue weighted by Gasteiger charge is -2.06. The second-order valence-corrected chi connectivity index (χ2v) is 5.45. The Morgan fingerprint density at radius 3 is 2.71 bits per heavy atom. The summed E-state index contributed by atoms with van der Waals surface area (Å²) < 4.78 is 11.1. The molecular formula is C17H18N2O2. The van der Waals surface area contributed by atoms with Crippen LogP contribution >= 0.6 is 0 Å². The predicted molar refractivity (Wildman–Crippen MR) is 80.1 cm³/mol. The normalized spacial score (nSPS) is 19.8. The second-order valence-electron chi connectivity index (χ2n) is 5.45. The molecule has 2 aromatic rings. The molecule has 1 aliphatic rings. The predicted octanol–water partition coefficient (Wildman–Crippen LogP) is 3.92. The first-order valence-corrected chi connectivity index (χ1v) is 7.18. The van der Waals surface area contributed by atoms with Crippen LogP contribution in [0.2, 0.25) is 0 Å². The van der Waals surface area contributed by atoms with Gasteiger partial charge in [-0.15, -0.1) is 0 Å². The third kappa shape index (κ3) is 3.38. The average molecular weight is 282 g/mol. The molecule has 3 rings (SSSR count). The van der Waals surface area contributed by atoms with E-state index in [0.29, 0.717) is 18.2 Å². The molecule has 1 heterocycles. The van der Waals surface area contributed by atoms with Gasteiger partial charge in [0.15, 0.2) is 6.61 Å². The van der Waals surface area contributed by atoms with Gasteiger partial charge in [-0.3, -0.25) is 0 Å². The standard InChI is InChI=1S/C17H18N2O2/c1-12-10-16(12)17-7-6-15(21-17)11-19-13-2-4-14(5-3-13)20-9-8-18/h2-7,12,16,19H,9-11H2,1H3. The molecule has 1 N–H and O–H groups in total. The molecule has 0 bridgehead atoms. The molecule has 1 aliphatic carbocycles. The number of ether oxygens (including phenoxy) is 1. The molecule has 4 nitrogen and oxygen atoms in total. The lowest BCUT2D eigenvalue weighted by molar-refractivity contribution is 0.368. The average Bonchev–Trinajstić information content (AvgIpc) is 3.05. The molecule has 0 saturated heterocycles. The summed E-state index contributed by atoms with van der Waals surface area (Å²) in [6.07, 6.45) is 1.24. The summed E-state index contributed by atoms with van der Waals surface area (Å²) in [5, 5.41) is 11.8. The van der Waals surface area contributed by atoms with Crippen LogP contribution in [0, 0.1) is 17.2 Å². The lowest BCUT2D eigenvalue weighted by Crippen LogP contribution is -1.98. The Hall–Kier alpha value is -2.41. The van der Waals surface area contributed by atoms with E-state index in [2.05, 4.69) is 18.3 Å². The minimum Gasteiger partial charge on any atom is -0.479 e. The molecule has 1 fully saturated rings. The number of furan rings is 1. The first-order valence-electron chi connectivity index (χ1n) is 7.18. The van der Waals surface area contributed by atoms with Crippen molar-refractivity contribution < 1.29 is 9.15 Å². The quantitative estimate of drug-likeness (QED) is 0.872. The Morgan fingerprint density at radius 1 is 1.29 bits per heavy atom. The minimum atomic E-state index is 0.0710. The fourth-order valence-electron chi connectivity index (χ4n) is 2.38. The number of benzene rings is 1. The highest BCUT2D eigenvalue weighted by atomic mass is 16.5. The van der Waals surface area contributed by atoms with Crippen LogP contribution in [-0.2, 0) is 6.54 Å². The topological polar surface area (TPSA) is 58.2 Å². The van der Waals surface area contributed by atoms with Gasteiger partial charge in [-0.1, -0.05) is 6.92 Å². The van der Waals surface area contributed by atoms with Gasteiger partial charge in [-0.2, -0.15) is 5.26 Å². The van der Waals surface area contributed by atoms with Crippen molar-refractivity contribution in [2.24, 2.45) is 5.92 Å². The zero-order valence-corrected chi connectivity index (χ0v) is 12.0. The van der Waals surface area contributed by atoms with E-state index in [1.807, 2.05) is 36.4 Å². The highest BCUT2D eigenvalue weighted by Gasteiger charge is 2.36. The molecule has 2 unspecified atom stereocenters. The third-order valence-corrected chi connectivity index (χ3v) is 3.78. The largest absolute Gasteiger partial charge is 0.479 e. The molecular weight excluding hydrogens is 264 g/mol. The first kappa shape index (κ1) is 13.6. The summed E-state index contributed by atoms with van der Waals surface area (Å²) in [5.74, 6) is 4.15. The maximum Gasteiger partial charge on any atom is 0.174 e. The summed E-state index contributed by atoms with van der Waals surface area (Å²) >= 11 is 0. The molecule has 1 aromatic carbocycles. The van der Waals surface area contributed by atoms with Gasteiger partial charge in [0.25, 0.3) is 0 Å². The van der Waals surface area contributed by atoms with Gasteiger partial charge in [0, 0.05) is 11.6 Å². The van der Waals surface area contributed by atoms with Crippen LogP contribution in [0.3, 0.4) is 0 Å². The summed E-state index contributed by atoms with van der Waals surface area (Å²) in [6.45, 7) is 2.99. The van der Waals surface area contributed by atoms with Crippen LogP contribution in [0.4, 0.5) is 5.69 Å². The van der Waals surface area contributed by atoms with Crippen molar-refractivity contribution in [2.45, 2.75) is 25.8 Å². The SMILES string of the molecule is CC1CC1c1ccc(CNc2ccc(OCC#N)cc2)o1. The molecule has 4 heteroatoms. The monoisotopic (exact) mass is 282 g/mol. The molecule has 1 saturated carbocycles. The van der Waals surface area contributed by atoms with Crippen LogP contribution in [0.25, 0.3) is 0 Å². The summed E-state index contributed by atoms with van der Waals surface area (Å²) in [6, 6.07) is 13.6. The van der Waals surface area contributed by atoms with Crippen molar-refractivity contribution in [1.82, 2.24) is 0 Å². The lowest BCUT2D eigenvalue weighted by atomic mass is 10.3. The molecule has 0 spiro atoms. The van der Waals surface area contributed by atoms with E-state index in [4.69, 9.17) is 14.4 Å². The van der Waals surface area contributed by atoms with E-state index in [0.717, 1.165) is 23.1 Å². The Morgan fingerprint density at radius 2 is 2.05 bits per heavy atom. The number of nitriles is 1. The Labute approximate surface area is 124 Å². The highest BCUT2D eigenvalue weighted by molar-refractivity contribution is 5.46. The molecule has 2 atom stereocenters. The van der Waals surface area contributed by atoms with Crippen molar-refractivity contribution in [1.29, 1.82) is 5.26 Å². The van der Waals surface area contributed by atoms with Gasteiger partial charge in [0.05, 0.1) is 6.54 Å². The van der Waals surface area contributed by atoms with Crippen LogP contribution < -0.4 is 10.1 Å². The molecule has 0 amide bonds. The van der Waals surface area contributed by atoms with Gasteiger partial charge < -0.3 is 14.5 Å². The molecule has 108 valence electrons. The van der Waals surface area contributed by atoms with Gasteiger partial charge >= 0.3 is 0 Å². The van der Waals surface area contributed by atoms with Crippen LogP contribution in [-0.4, -0.2) is 6.61 Å². The highest BCUT2D eigenvalue weighted by Crippen LogP contribution is 2.47. The van der Waals surface area contributed by atoms with E-state index < -0.39 is 0 Å². The molecule has 1 aromatic heterocycles. The number of nitrogens with one attached hydrogen (secondary N) is 1.